The van der Waals surface area contributed by atoms with Crippen LogP contribution in [-0.2, 0) is 6.42 Å². The molecule has 1 aromatic carbocycles. The number of alkyl halides is 18. The zero-order chi connectivity index (χ0) is 31.3. The van der Waals surface area contributed by atoms with E-state index >= 15 is 0 Å². The summed E-state index contributed by atoms with van der Waals surface area (Å²) in [6.45, 7) is 0.546. The highest BCUT2D eigenvalue weighted by atomic mass is 19.4. The summed E-state index contributed by atoms with van der Waals surface area (Å²) in [6.07, 6.45) is 0.716. The summed E-state index contributed by atoms with van der Waals surface area (Å²) in [7, 11) is 0. The van der Waals surface area contributed by atoms with Gasteiger partial charge >= 0.3 is 47.4 Å². The summed E-state index contributed by atoms with van der Waals surface area (Å²) < 4.78 is 241. The van der Waals surface area contributed by atoms with E-state index in [4.69, 9.17) is 15.9 Å². The molecule has 2 fully saturated rings. The molecule has 3 rings (SSSR count). The van der Waals surface area contributed by atoms with Gasteiger partial charge in [0, 0.05) is 0 Å². The van der Waals surface area contributed by atoms with Gasteiger partial charge in [0.1, 0.15) is 0 Å². The molecule has 0 atom stereocenters. The van der Waals surface area contributed by atoms with Gasteiger partial charge in [-0.25, -0.2) is 8.78 Å². The highest BCUT2D eigenvalue weighted by Crippen LogP contribution is 2.81. The van der Waals surface area contributed by atoms with Gasteiger partial charge in [-0.1, -0.05) is 6.07 Å². The first-order valence-electron chi connectivity index (χ1n) is 9.60. The molecule has 3 nitrogen and oxygen atoms in total. The molecule has 4 N–H and O–H groups in total. The van der Waals surface area contributed by atoms with Crippen molar-refractivity contribution < 1.29 is 89.2 Å². The first-order chi connectivity index (χ1) is 17.0. The Balaban J connectivity index is 0.000000404. The minimum Gasteiger partial charge on any atom is -0.504 e. The number of rotatable bonds is 2. The Kier molecular flexibility index (Phi) is 6.94. The van der Waals surface area contributed by atoms with Gasteiger partial charge in [0.25, 0.3) is 11.3 Å². The molecule has 0 saturated heterocycles. The Labute approximate surface area is 203 Å². The second kappa shape index (κ2) is 8.27. The fraction of sp³-hybridized carbons (Fsp3) is 0.667. The van der Waals surface area contributed by atoms with Crippen LogP contribution < -0.4 is 5.73 Å². The molecular formula is C18H11F18NO2. The van der Waals surface area contributed by atoms with Gasteiger partial charge in [-0.05, 0) is 30.7 Å². The SMILES string of the molecule is FC1(F)C(F)(F)C(F)(F)C2(F)C(F)(F)C(F)(F)C(F)(F)C(F)(F)C2(F)C1(F)F.NCCc1ccc(O)c(O)c1. The normalized spacial score (nSPS) is 33.7. The van der Waals surface area contributed by atoms with Crippen molar-refractivity contribution in [2.45, 2.75) is 65.1 Å². The molecule has 2 saturated carbocycles. The maximum Gasteiger partial charge on any atom is 0.382 e. The van der Waals surface area contributed by atoms with E-state index < -0.39 is 58.7 Å². The lowest BCUT2D eigenvalue weighted by Crippen LogP contribution is -2.98. The smallest absolute Gasteiger partial charge is 0.382 e. The number of fused-ring (bicyclic) bond motifs is 1. The van der Waals surface area contributed by atoms with Crippen LogP contribution in [0, 0.1) is 0 Å². The van der Waals surface area contributed by atoms with E-state index in [-0.39, 0.29) is 11.5 Å². The van der Waals surface area contributed by atoms with Crippen molar-refractivity contribution in [3.05, 3.63) is 23.8 Å². The summed E-state index contributed by atoms with van der Waals surface area (Å²) in [5, 5.41) is 18.0. The first-order valence-corrected chi connectivity index (χ1v) is 9.60. The van der Waals surface area contributed by atoms with Crippen molar-refractivity contribution in [3.63, 3.8) is 0 Å². The number of hydrogen-bond donors (Lipinski definition) is 3. The van der Waals surface area contributed by atoms with Crippen LogP contribution in [0.2, 0.25) is 0 Å². The molecule has 1 aromatic rings. The molecule has 2 aliphatic rings. The number of halogens is 18. The van der Waals surface area contributed by atoms with Crippen LogP contribution in [0.15, 0.2) is 18.2 Å². The van der Waals surface area contributed by atoms with Crippen LogP contribution in [0.5, 0.6) is 11.5 Å². The molecule has 39 heavy (non-hydrogen) atoms. The van der Waals surface area contributed by atoms with Crippen LogP contribution in [0.4, 0.5) is 79.0 Å². The van der Waals surface area contributed by atoms with Crippen molar-refractivity contribution in [1.82, 2.24) is 0 Å². The van der Waals surface area contributed by atoms with Crippen molar-refractivity contribution in [3.8, 4) is 11.5 Å². The van der Waals surface area contributed by atoms with Crippen LogP contribution in [0.1, 0.15) is 5.56 Å². The number of aromatic hydroxyl groups is 2. The Morgan fingerprint density at radius 2 is 0.744 bits per heavy atom. The highest BCUT2D eigenvalue weighted by molar-refractivity contribution is 5.43. The fourth-order valence-electron chi connectivity index (χ4n) is 3.80. The standard InChI is InChI=1S/C10F18.C8H11NO2/c11-1-2(12,5(17,18)9(25,26)7(21,22)3(1,13)14)6(19,20)10(27,28)8(23,24)4(1,15)16;9-4-3-6-1-2-7(10)8(11)5-6/h;1-2,5,10-11H,3-4,9H2. The topological polar surface area (TPSA) is 66.5 Å². The Morgan fingerprint density at radius 3 is 0.974 bits per heavy atom. The second-order valence-corrected chi connectivity index (χ2v) is 8.27. The van der Waals surface area contributed by atoms with Crippen molar-refractivity contribution in [2.75, 3.05) is 6.54 Å². The van der Waals surface area contributed by atoms with E-state index in [2.05, 4.69) is 0 Å². The van der Waals surface area contributed by atoms with Gasteiger partial charge in [-0.15, -0.1) is 0 Å². The Hall–Kier alpha value is -2.48. The van der Waals surface area contributed by atoms with E-state index in [1.54, 1.807) is 6.07 Å². The number of hydrogen-bond acceptors (Lipinski definition) is 3. The largest absolute Gasteiger partial charge is 0.504 e. The minimum atomic E-state index is -8.64. The molecule has 0 aliphatic heterocycles. The number of benzene rings is 1. The number of phenolic OH excluding ortho intramolecular Hbond substituents is 2. The molecule has 0 unspecified atom stereocenters. The van der Waals surface area contributed by atoms with Crippen LogP contribution in [0.25, 0.3) is 0 Å². The summed E-state index contributed by atoms with van der Waals surface area (Å²) in [5.41, 5.74) is -11.0. The average molecular weight is 615 g/mol. The van der Waals surface area contributed by atoms with E-state index in [1.807, 2.05) is 0 Å². The Bertz CT molecular complexity index is 1010. The maximum absolute atomic E-state index is 14.2. The quantitative estimate of drug-likeness (QED) is 0.278. The van der Waals surface area contributed by atoms with Crippen LogP contribution >= 0.6 is 0 Å². The van der Waals surface area contributed by atoms with Gasteiger partial charge in [-0.2, -0.15) is 70.2 Å². The third-order valence-corrected chi connectivity index (χ3v) is 6.04. The van der Waals surface area contributed by atoms with Gasteiger partial charge in [-0.3, -0.25) is 0 Å². The average Bonchev–Trinajstić information content (AvgIpc) is 2.78. The maximum atomic E-state index is 14.2. The molecule has 0 spiro atoms. The predicted octanol–water partition coefficient (Wildman–Crippen LogP) is 6.11. The molecule has 0 bridgehead atoms. The zero-order valence-corrected chi connectivity index (χ0v) is 17.9. The van der Waals surface area contributed by atoms with E-state index in [9.17, 15) is 79.0 Å². The fourth-order valence-corrected chi connectivity index (χ4v) is 3.80. The van der Waals surface area contributed by atoms with Crippen molar-refractivity contribution in [2.24, 2.45) is 5.73 Å². The summed E-state index contributed by atoms with van der Waals surface area (Å²) in [4.78, 5) is 0. The van der Waals surface area contributed by atoms with Gasteiger partial charge in [0.15, 0.2) is 11.5 Å². The third kappa shape index (κ3) is 3.15. The summed E-state index contributed by atoms with van der Waals surface area (Å²) in [6, 6.07) is 4.71. The monoisotopic (exact) mass is 615 g/mol. The highest BCUT2D eigenvalue weighted by Gasteiger charge is 3.15. The number of nitrogens with two attached hydrogens (primary N) is 1. The van der Waals surface area contributed by atoms with E-state index in [1.165, 1.54) is 12.1 Å². The minimum absolute atomic E-state index is 0.0871. The molecule has 2 aliphatic carbocycles. The lowest BCUT2D eigenvalue weighted by atomic mass is 9.54. The third-order valence-electron chi connectivity index (χ3n) is 6.04. The van der Waals surface area contributed by atoms with E-state index in [0.29, 0.717) is 13.0 Å². The molecule has 21 heteroatoms. The molecule has 0 aromatic heterocycles. The van der Waals surface area contributed by atoms with Crippen molar-refractivity contribution in [1.29, 1.82) is 0 Å². The van der Waals surface area contributed by atoms with Gasteiger partial charge < -0.3 is 15.9 Å². The molecule has 0 amide bonds. The lowest BCUT2D eigenvalue weighted by molar-refractivity contribution is -0.560. The van der Waals surface area contributed by atoms with Gasteiger partial charge in [0.05, 0.1) is 0 Å². The van der Waals surface area contributed by atoms with Crippen molar-refractivity contribution >= 4 is 0 Å². The Morgan fingerprint density at radius 1 is 0.462 bits per heavy atom. The first kappa shape index (κ1) is 32.7. The van der Waals surface area contributed by atoms with E-state index in [0.717, 1.165) is 5.56 Å². The molecule has 226 valence electrons. The number of phenols is 2. The molecular weight excluding hydrogens is 604 g/mol. The lowest BCUT2D eigenvalue weighted by Gasteiger charge is -2.63. The zero-order valence-electron chi connectivity index (χ0n) is 17.9. The van der Waals surface area contributed by atoms with Crippen LogP contribution in [-0.4, -0.2) is 75.5 Å². The molecule has 0 radical (unpaired) electrons. The summed E-state index contributed by atoms with van der Waals surface area (Å²) in [5.74, 6) is -67.0. The molecule has 0 heterocycles. The van der Waals surface area contributed by atoms with Crippen LogP contribution in [0.3, 0.4) is 0 Å². The predicted molar refractivity (Wildman–Crippen MR) is 89.8 cm³/mol. The summed E-state index contributed by atoms with van der Waals surface area (Å²) >= 11 is 0. The second-order valence-electron chi connectivity index (χ2n) is 8.27. The van der Waals surface area contributed by atoms with Gasteiger partial charge in [0.2, 0.25) is 0 Å².